The smallest absolute Gasteiger partial charge is 0.241 e. The number of hydrogen-bond donors (Lipinski definition) is 2. The lowest BCUT2D eigenvalue weighted by molar-refractivity contribution is 0.485. The van der Waals surface area contributed by atoms with E-state index in [1.807, 2.05) is 0 Å². The maximum atomic E-state index is 13.8. The summed E-state index contributed by atoms with van der Waals surface area (Å²) in [5.41, 5.74) is 5.20. The SMILES string of the molecule is CC(C)CCC(C)NS(=O)(=O)c1cccc(F)c1C(N)=S. The van der Waals surface area contributed by atoms with E-state index in [0.29, 0.717) is 12.3 Å². The lowest BCUT2D eigenvalue weighted by Crippen LogP contribution is -2.34. The van der Waals surface area contributed by atoms with Crippen LogP contribution in [0.3, 0.4) is 0 Å². The zero-order chi connectivity index (χ0) is 16.2. The summed E-state index contributed by atoms with van der Waals surface area (Å²) in [5.74, 6) is -0.251. The van der Waals surface area contributed by atoms with E-state index in [9.17, 15) is 12.8 Å². The van der Waals surface area contributed by atoms with Gasteiger partial charge in [0.15, 0.2) is 0 Å². The minimum atomic E-state index is -3.86. The molecule has 0 bridgehead atoms. The number of thiocarbonyl (C=S) groups is 1. The molecule has 1 atom stereocenters. The largest absolute Gasteiger partial charge is 0.389 e. The molecule has 7 heteroatoms. The van der Waals surface area contributed by atoms with Gasteiger partial charge >= 0.3 is 0 Å². The number of sulfonamides is 1. The van der Waals surface area contributed by atoms with Gasteiger partial charge in [0, 0.05) is 6.04 Å². The summed E-state index contributed by atoms with van der Waals surface area (Å²) in [6.45, 7) is 5.91. The van der Waals surface area contributed by atoms with Gasteiger partial charge in [-0.15, -0.1) is 0 Å². The van der Waals surface area contributed by atoms with Crippen molar-refractivity contribution < 1.29 is 12.8 Å². The lowest BCUT2D eigenvalue weighted by atomic mass is 10.1. The Hall–Kier alpha value is -1.05. The second-order valence-electron chi connectivity index (χ2n) is 5.47. The molecular formula is C14H21FN2O2S2. The molecule has 0 aliphatic carbocycles. The van der Waals surface area contributed by atoms with E-state index in [-0.39, 0.29) is 21.5 Å². The third-order valence-electron chi connectivity index (χ3n) is 3.04. The summed E-state index contributed by atoms with van der Waals surface area (Å²) in [5, 5.41) is 0. The Morgan fingerprint density at radius 1 is 1.33 bits per heavy atom. The molecule has 0 fully saturated rings. The first-order valence-electron chi connectivity index (χ1n) is 6.75. The highest BCUT2D eigenvalue weighted by atomic mass is 32.2. The Morgan fingerprint density at radius 3 is 2.48 bits per heavy atom. The number of nitrogens with two attached hydrogens (primary N) is 1. The van der Waals surface area contributed by atoms with E-state index in [1.54, 1.807) is 6.92 Å². The summed E-state index contributed by atoms with van der Waals surface area (Å²) in [7, 11) is -3.86. The minimum absolute atomic E-state index is 0.216. The molecule has 0 heterocycles. The first-order chi connectivity index (χ1) is 9.65. The van der Waals surface area contributed by atoms with Crippen molar-refractivity contribution in [1.29, 1.82) is 0 Å². The average molecular weight is 332 g/mol. The van der Waals surface area contributed by atoms with Gasteiger partial charge in [-0.2, -0.15) is 0 Å². The maximum Gasteiger partial charge on any atom is 0.241 e. The van der Waals surface area contributed by atoms with Crippen LogP contribution in [0.4, 0.5) is 4.39 Å². The van der Waals surface area contributed by atoms with Crippen LogP contribution in [-0.4, -0.2) is 19.4 Å². The normalized spacial score (nSPS) is 13.4. The van der Waals surface area contributed by atoms with Crippen LogP contribution in [0.15, 0.2) is 23.1 Å². The Balaban J connectivity index is 3.04. The fraction of sp³-hybridized carbons (Fsp3) is 0.500. The minimum Gasteiger partial charge on any atom is -0.389 e. The Labute approximate surface area is 131 Å². The summed E-state index contributed by atoms with van der Waals surface area (Å²) < 4.78 is 41.0. The van der Waals surface area contributed by atoms with Crippen molar-refractivity contribution >= 4 is 27.2 Å². The number of nitrogens with one attached hydrogen (secondary N) is 1. The van der Waals surface area contributed by atoms with Gasteiger partial charge < -0.3 is 5.73 Å². The summed E-state index contributed by atoms with van der Waals surface area (Å²) >= 11 is 4.75. The molecule has 0 saturated heterocycles. The van der Waals surface area contributed by atoms with Crippen molar-refractivity contribution in [1.82, 2.24) is 4.72 Å². The summed E-state index contributed by atoms with van der Waals surface area (Å²) in [6, 6.07) is 3.51. The average Bonchev–Trinajstić information content (AvgIpc) is 2.35. The highest BCUT2D eigenvalue weighted by Gasteiger charge is 2.24. The molecule has 118 valence electrons. The number of halogens is 1. The first kappa shape index (κ1) is 18.0. The van der Waals surface area contributed by atoms with Crippen LogP contribution in [0.1, 0.15) is 39.2 Å². The predicted molar refractivity (Wildman–Crippen MR) is 86.1 cm³/mol. The van der Waals surface area contributed by atoms with Crippen molar-refractivity contribution in [2.45, 2.75) is 44.6 Å². The summed E-state index contributed by atoms with van der Waals surface area (Å²) in [4.78, 5) is -0.491. The predicted octanol–water partition coefficient (Wildman–Crippen LogP) is 2.56. The van der Waals surface area contributed by atoms with Crippen LogP contribution >= 0.6 is 12.2 Å². The van der Waals surface area contributed by atoms with E-state index >= 15 is 0 Å². The van der Waals surface area contributed by atoms with E-state index in [2.05, 4.69) is 18.6 Å². The van der Waals surface area contributed by atoms with Crippen molar-refractivity contribution in [3.63, 3.8) is 0 Å². The van der Waals surface area contributed by atoms with Crippen LogP contribution in [0, 0.1) is 11.7 Å². The van der Waals surface area contributed by atoms with Gasteiger partial charge in [-0.3, -0.25) is 0 Å². The van der Waals surface area contributed by atoms with Gasteiger partial charge in [-0.05, 0) is 37.8 Å². The third-order valence-corrected chi connectivity index (χ3v) is 4.88. The van der Waals surface area contributed by atoms with Gasteiger partial charge in [-0.1, -0.05) is 32.1 Å². The van der Waals surface area contributed by atoms with E-state index < -0.39 is 15.8 Å². The van der Waals surface area contributed by atoms with Crippen molar-refractivity contribution in [2.24, 2.45) is 11.7 Å². The van der Waals surface area contributed by atoms with Crippen LogP contribution in [-0.2, 0) is 10.0 Å². The van der Waals surface area contributed by atoms with E-state index in [4.69, 9.17) is 18.0 Å². The molecule has 1 unspecified atom stereocenters. The quantitative estimate of drug-likeness (QED) is 0.753. The van der Waals surface area contributed by atoms with Gasteiger partial charge in [0.2, 0.25) is 10.0 Å². The molecule has 0 saturated carbocycles. The molecule has 0 amide bonds. The van der Waals surface area contributed by atoms with Crippen LogP contribution in [0.2, 0.25) is 0 Å². The summed E-state index contributed by atoms with van der Waals surface area (Å²) in [6.07, 6.45) is 1.60. The Kier molecular flexibility index (Phi) is 6.24. The second-order valence-corrected chi connectivity index (χ2v) is 7.59. The fourth-order valence-corrected chi connectivity index (χ4v) is 3.72. The Bertz CT molecular complexity index is 615. The monoisotopic (exact) mass is 332 g/mol. The van der Waals surface area contributed by atoms with E-state index in [1.165, 1.54) is 12.1 Å². The maximum absolute atomic E-state index is 13.8. The Morgan fingerprint density at radius 2 is 1.95 bits per heavy atom. The molecule has 0 spiro atoms. The topological polar surface area (TPSA) is 72.2 Å². The molecule has 1 aromatic carbocycles. The lowest BCUT2D eigenvalue weighted by Gasteiger charge is -2.17. The fourth-order valence-electron chi connectivity index (χ4n) is 1.94. The number of hydrogen-bond acceptors (Lipinski definition) is 3. The highest BCUT2D eigenvalue weighted by molar-refractivity contribution is 7.89. The van der Waals surface area contributed by atoms with Gasteiger partial charge in [0.1, 0.15) is 10.8 Å². The second kappa shape index (κ2) is 7.29. The van der Waals surface area contributed by atoms with Crippen LogP contribution in [0.5, 0.6) is 0 Å². The zero-order valence-electron chi connectivity index (χ0n) is 12.4. The van der Waals surface area contributed by atoms with Crippen molar-refractivity contribution in [3.05, 3.63) is 29.6 Å². The molecule has 0 radical (unpaired) electrons. The standard InChI is InChI=1S/C14H21FN2O2S2/c1-9(2)7-8-10(3)17-21(18,19)12-6-4-5-11(15)13(12)14(16)20/h4-6,9-10,17H,7-8H2,1-3H3,(H2,16,20). The molecule has 1 aromatic rings. The van der Waals surface area contributed by atoms with Crippen LogP contribution < -0.4 is 10.5 Å². The molecule has 0 aliphatic heterocycles. The zero-order valence-corrected chi connectivity index (χ0v) is 14.0. The molecule has 4 nitrogen and oxygen atoms in total. The molecule has 1 rings (SSSR count). The van der Waals surface area contributed by atoms with E-state index in [0.717, 1.165) is 12.5 Å². The number of rotatable bonds is 7. The van der Waals surface area contributed by atoms with Crippen molar-refractivity contribution in [2.75, 3.05) is 0 Å². The molecule has 21 heavy (non-hydrogen) atoms. The molecule has 0 aromatic heterocycles. The van der Waals surface area contributed by atoms with Gasteiger partial charge in [0.05, 0.1) is 10.5 Å². The highest BCUT2D eigenvalue weighted by Crippen LogP contribution is 2.20. The third kappa shape index (κ3) is 5.01. The molecular weight excluding hydrogens is 311 g/mol. The molecule has 0 aliphatic rings. The van der Waals surface area contributed by atoms with Crippen molar-refractivity contribution in [3.8, 4) is 0 Å². The van der Waals surface area contributed by atoms with Gasteiger partial charge in [-0.25, -0.2) is 17.5 Å². The first-order valence-corrected chi connectivity index (χ1v) is 8.65. The number of benzene rings is 1. The van der Waals surface area contributed by atoms with Crippen LogP contribution in [0.25, 0.3) is 0 Å². The van der Waals surface area contributed by atoms with Gasteiger partial charge in [0.25, 0.3) is 0 Å². The molecule has 3 N–H and O–H groups in total.